The number of phosphoric acid groups is 1. The van der Waals surface area contributed by atoms with Crippen LogP contribution in [0.2, 0.25) is 0 Å². The third kappa shape index (κ3) is 6.66. The quantitative estimate of drug-likeness (QED) is 0.205. The lowest BCUT2D eigenvalue weighted by Crippen LogP contribution is -2.35. The summed E-state index contributed by atoms with van der Waals surface area (Å²) in [5.41, 5.74) is 0. The standard InChI is InChI=1S/C3H13NO13P4/c5-18(6,7)3(19(8,9)10,17-21(14,15)16)1-2-4-20(11,12)13/h1-2H2,(H2,5,6,7)(H2,8,9,10)(H2,14,15,16)(H3,4,11,12,13). The van der Waals surface area contributed by atoms with Gasteiger partial charge in [0.1, 0.15) is 0 Å². The average molecular weight is 395 g/mol. The maximum absolute atomic E-state index is 11.2. The van der Waals surface area contributed by atoms with Gasteiger partial charge < -0.3 is 39.1 Å². The van der Waals surface area contributed by atoms with Crippen LogP contribution in [0, 0.1) is 0 Å². The van der Waals surface area contributed by atoms with Crippen LogP contribution < -0.4 is 5.09 Å². The molecule has 0 saturated carbocycles. The minimum absolute atomic E-state index is 1.12. The van der Waals surface area contributed by atoms with E-state index in [4.69, 9.17) is 39.1 Å². The van der Waals surface area contributed by atoms with Crippen LogP contribution in [-0.2, 0) is 22.8 Å². The van der Waals surface area contributed by atoms with Crippen LogP contribution >= 0.6 is 30.8 Å². The molecular weight excluding hydrogens is 382 g/mol. The van der Waals surface area contributed by atoms with Crippen molar-refractivity contribution in [3.05, 3.63) is 0 Å². The van der Waals surface area contributed by atoms with E-state index in [9.17, 15) is 18.3 Å². The summed E-state index contributed by atoms with van der Waals surface area (Å²) in [4.78, 5) is 70.0. The van der Waals surface area contributed by atoms with Gasteiger partial charge in [-0.15, -0.1) is 0 Å². The van der Waals surface area contributed by atoms with Crippen molar-refractivity contribution < 1.29 is 61.9 Å². The van der Waals surface area contributed by atoms with Crippen molar-refractivity contribution in [1.29, 1.82) is 0 Å². The Hall–Kier alpha value is 0.520. The van der Waals surface area contributed by atoms with E-state index in [0.29, 0.717) is 0 Å². The number of hydrogen-bond donors (Lipinski definition) is 9. The summed E-state index contributed by atoms with van der Waals surface area (Å²) in [6, 6.07) is 0. The van der Waals surface area contributed by atoms with E-state index in [1.54, 1.807) is 0 Å². The lowest BCUT2D eigenvalue weighted by Gasteiger charge is -2.34. The molecule has 0 aromatic carbocycles. The molecule has 0 fully saturated rings. The molecular formula is C3H13NO13P4. The van der Waals surface area contributed by atoms with E-state index < -0.39 is 48.8 Å². The van der Waals surface area contributed by atoms with E-state index in [1.807, 2.05) is 0 Å². The molecule has 0 aliphatic carbocycles. The molecule has 0 aromatic heterocycles. The fourth-order valence-corrected chi connectivity index (χ4v) is 5.70. The van der Waals surface area contributed by atoms with Crippen molar-refractivity contribution in [2.75, 3.05) is 6.54 Å². The highest BCUT2D eigenvalue weighted by Crippen LogP contribution is 2.74. The van der Waals surface area contributed by atoms with Gasteiger partial charge in [-0.05, 0) is 0 Å². The van der Waals surface area contributed by atoms with Gasteiger partial charge in [0.2, 0.25) is 0 Å². The summed E-state index contributed by atoms with van der Waals surface area (Å²) in [6.45, 7) is -1.12. The van der Waals surface area contributed by atoms with E-state index >= 15 is 0 Å². The second kappa shape index (κ2) is 6.56. The van der Waals surface area contributed by atoms with Crippen molar-refractivity contribution >= 4 is 30.8 Å². The van der Waals surface area contributed by atoms with Crippen LogP contribution in [0.5, 0.6) is 0 Å². The Bertz CT molecular complexity index is 524. The Morgan fingerprint density at radius 1 is 0.810 bits per heavy atom. The van der Waals surface area contributed by atoms with Gasteiger partial charge in [-0.2, -0.15) is 0 Å². The number of nitrogens with one attached hydrogen (secondary N) is 1. The summed E-state index contributed by atoms with van der Waals surface area (Å²) in [7, 11) is -22.6. The molecule has 0 radical (unpaired) electrons. The molecule has 0 heterocycles. The molecule has 0 atom stereocenters. The summed E-state index contributed by atoms with van der Waals surface area (Å²) in [6.07, 6.45) is -1.50. The van der Waals surface area contributed by atoms with Crippen LogP contribution in [0.1, 0.15) is 6.42 Å². The third-order valence-electron chi connectivity index (χ3n) is 1.94. The van der Waals surface area contributed by atoms with Crippen molar-refractivity contribution in [1.82, 2.24) is 5.09 Å². The molecule has 14 nitrogen and oxygen atoms in total. The van der Waals surface area contributed by atoms with Gasteiger partial charge in [0.05, 0.1) is 0 Å². The van der Waals surface area contributed by atoms with Gasteiger partial charge in [-0.25, -0.2) is 14.2 Å². The highest BCUT2D eigenvalue weighted by Gasteiger charge is 2.64. The monoisotopic (exact) mass is 395 g/mol. The summed E-state index contributed by atoms with van der Waals surface area (Å²) in [5.74, 6) is 0. The minimum atomic E-state index is -5.98. The Labute approximate surface area is 116 Å². The number of phosphoric ester groups is 1. The molecule has 21 heavy (non-hydrogen) atoms. The van der Waals surface area contributed by atoms with Gasteiger partial charge in [0.25, 0.3) is 5.08 Å². The maximum Gasteiger partial charge on any atom is 0.471 e. The minimum Gasteiger partial charge on any atom is -0.322 e. The van der Waals surface area contributed by atoms with E-state index in [2.05, 4.69) is 4.52 Å². The SMILES string of the molecule is O=P(O)(O)NCCC(OP(=O)(O)O)(P(=O)(O)O)P(=O)(O)O. The molecule has 0 amide bonds. The first-order valence-electron chi connectivity index (χ1n) is 4.59. The smallest absolute Gasteiger partial charge is 0.322 e. The molecule has 0 saturated heterocycles. The predicted octanol–water partition coefficient (Wildman–Crippen LogP) is -1.82. The fourth-order valence-electron chi connectivity index (χ4n) is 1.17. The Balaban J connectivity index is 5.73. The van der Waals surface area contributed by atoms with Gasteiger partial charge in [0, 0.05) is 13.0 Å². The van der Waals surface area contributed by atoms with Crippen LogP contribution in [0.3, 0.4) is 0 Å². The molecule has 0 rings (SSSR count). The normalized spacial score (nSPS) is 15.2. The van der Waals surface area contributed by atoms with Crippen molar-refractivity contribution in [2.45, 2.75) is 11.5 Å². The van der Waals surface area contributed by atoms with Crippen molar-refractivity contribution in [3.63, 3.8) is 0 Å². The van der Waals surface area contributed by atoms with Gasteiger partial charge >= 0.3 is 30.8 Å². The van der Waals surface area contributed by atoms with Crippen LogP contribution in [0.15, 0.2) is 0 Å². The summed E-state index contributed by atoms with van der Waals surface area (Å²) >= 11 is 0. The predicted molar refractivity (Wildman–Crippen MR) is 64.6 cm³/mol. The lowest BCUT2D eigenvalue weighted by atomic mass is 10.4. The van der Waals surface area contributed by atoms with Gasteiger partial charge in [-0.1, -0.05) is 0 Å². The first kappa shape index (κ1) is 21.5. The average Bonchev–Trinajstić information content (AvgIpc) is 2.07. The molecule has 0 bridgehead atoms. The first-order valence-corrected chi connectivity index (χ1v) is 11.0. The Morgan fingerprint density at radius 2 is 1.19 bits per heavy atom. The van der Waals surface area contributed by atoms with E-state index in [1.165, 1.54) is 5.09 Å². The Morgan fingerprint density at radius 3 is 1.43 bits per heavy atom. The van der Waals surface area contributed by atoms with Crippen molar-refractivity contribution in [3.8, 4) is 0 Å². The first-order chi connectivity index (χ1) is 8.91. The second-order valence-corrected chi connectivity index (χ2v) is 10.2. The molecule has 9 N–H and O–H groups in total. The molecule has 0 spiro atoms. The molecule has 0 aliphatic rings. The molecule has 0 unspecified atom stereocenters. The molecule has 18 heteroatoms. The number of hydrogen-bond acceptors (Lipinski definition) is 5. The van der Waals surface area contributed by atoms with E-state index in [-0.39, 0.29) is 0 Å². The molecule has 0 aliphatic heterocycles. The lowest BCUT2D eigenvalue weighted by molar-refractivity contribution is 0.101. The third-order valence-corrected chi connectivity index (χ3v) is 7.43. The zero-order valence-electron chi connectivity index (χ0n) is 9.82. The zero-order chi connectivity index (χ0) is 17.3. The summed E-state index contributed by atoms with van der Waals surface area (Å²) in [5, 5.41) is -2.60. The van der Waals surface area contributed by atoms with Crippen LogP contribution in [-0.4, -0.2) is 50.8 Å². The highest BCUT2D eigenvalue weighted by atomic mass is 31.2. The zero-order valence-corrected chi connectivity index (χ0v) is 13.4. The fraction of sp³-hybridized carbons (Fsp3) is 1.00. The largest absolute Gasteiger partial charge is 0.471 e. The molecule has 128 valence electrons. The highest BCUT2D eigenvalue weighted by molar-refractivity contribution is 7.72. The Kier molecular flexibility index (Phi) is 6.72. The summed E-state index contributed by atoms with van der Waals surface area (Å²) < 4.78 is 47.3. The maximum atomic E-state index is 11.2. The second-order valence-electron chi connectivity index (χ2n) is 3.62. The topological polar surface area (TPSA) is 251 Å². The van der Waals surface area contributed by atoms with Crippen LogP contribution in [0.25, 0.3) is 0 Å². The van der Waals surface area contributed by atoms with Gasteiger partial charge in [-0.3, -0.25) is 13.7 Å². The number of rotatable bonds is 8. The molecule has 0 aromatic rings. The van der Waals surface area contributed by atoms with Crippen molar-refractivity contribution in [2.24, 2.45) is 0 Å². The van der Waals surface area contributed by atoms with Gasteiger partial charge in [0.15, 0.2) is 0 Å². The van der Waals surface area contributed by atoms with Crippen LogP contribution in [0.4, 0.5) is 0 Å². The van der Waals surface area contributed by atoms with E-state index in [0.717, 1.165) is 0 Å².